The van der Waals surface area contributed by atoms with Crippen molar-refractivity contribution in [2.45, 2.75) is 11.1 Å². The van der Waals surface area contributed by atoms with Crippen LogP contribution in [-0.2, 0) is 10.0 Å². The topological polar surface area (TPSA) is 87.6 Å². The van der Waals surface area contributed by atoms with Gasteiger partial charge in [-0.05, 0) is 30.7 Å². The molecule has 0 radical (unpaired) electrons. The van der Waals surface area contributed by atoms with Crippen LogP contribution in [0.1, 0.15) is 15.2 Å². The maximum Gasteiger partial charge on any atom is 0.346 e. The van der Waals surface area contributed by atoms with Crippen molar-refractivity contribution in [3.8, 4) is 0 Å². The van der Waals surface area contributed by atoms with Gasteiger partial charge >= 0.3 is 5.97 Å². The minimum atomic E-state index is -3.77. The lowest BCUT2D eigenvalue weighted by molar-refractivity contribution is 0.0701. The Morgan fingerprint density at radius 2 is 1.95 bits per heavy atom. The van der Waals surface area contributed by atoms with E-state index in [2.05, 4.69) is 4.98 Å². The fourth-order valence-corrected chi connectivity index (χ4v) is 4.37. The third-order valence-corrected chi connectivity index (χ3v) is 6.19. The van der Waals surface area contributed by atoms with Crippen LogP contribution in [-0.4, -0.2) is 31.5 Å². The fraction of sp³-hybridized carbons (Fsp3) is 0.167. The summed E-state index contributed by atoms with van der Waals surface area (Å²) in [6, 6.07) is 4.51. The first-order valence-electron chi connectivity index (χ1n) is 5.56. The largest absolute Gasteiger partial charge is 0.477 e. The molecule has 8 heteroatoms. The lowest BCUT2D eigenvalue weighted by atomic mass is 10.3. The molecule has 20 heavy (non-hydrogen) atoms. The number of carboxylic acid groups (broad SMARTS) is 1. The van der Waals surface area contributed by atoms with E-state index in [4.69, 9.17) is 5.11 Å². The summed E-state index contributed by atoms with van der Waals surface area (Å²) in [6.07, 6.45) is 2.98. The standard InChI is InChI=1S/C12H12N2O4S2/c1-8-7-10(19-11(8)12(15)16)20(17,18)14(2)9-3-5-13-6-4-9/h3-7H,1-2H3,(H,15,16). The van der Waals surface area contributed by atoms with Crippen LogP contribution in [0.15, 0.2) is 34.8 Å². The van der Waals surface area contributed by atoms with Crippen LogP contribution in [0.25, 0.3) is 0 Å². The lowest BCUT2D eigenvalue weighted by Crippen LogP contribution is -2.25. The van der Waals surface area contributed by atoms with Gasteiger partial charge in [-0.2, -0.15) is 0 Å². The summed E-state index contributed by atoms with van der Waals surface area (Å²) in [5.74, 6) is -1.12. The monoisotopic (exact) mass is 312 g/mol. The van der Waals surface area contributed by atoms with Gasteiger partial charge in [0.2, 0.25) is 0 Å². The van der Waals surface area contributed by atoms with Gasteiger partial charge in [0.25, 0.3) is 10.0 Å². The minimum Gasteiger partial charge on any atom is -0.477 e. The highest BCUT2D eigenvalue weighted by Crippen LogP contribution is 2.30. The Bertz CT molecular complexity index is 738. The number of aromatic carboxylic acids is 1. The molecule has 0 spiro atoms. The van der Waals surface area contributed by atoms with E-state index in [1.54, 1.807) is 19.1 Å². The fourth-order valence-electron chi connectivity index (χ4n) is 1.62. The molecule has 2 heterocycles. The van der Waals surface area contributed by atoms with Crippen molar-refractivity contribution in [1.29, 1.82) is 0 Å². The van der Waals surface area contributed by atoms with E-state index in [0.717, 1.165) is 15.6 Å². The second-order valence-corrected chi connectivity index (χ2v) is 7.31. The van der Waals surface area contributed by atoms with E-state index >= 15 is 0 Å². The van der Waals surface area contributed by atoms with Crippen LogP contribution < -0.4 is 4.31 Å². The van der Waals surface area contributed by atoms with Crippen molar-refractivity contribution in [2.75, 3.05) is 11.4 Å². The van der Waals surface area contributed by atoms with Crippen molar-refractivity contribution >= 4 is 33.0 Å². The maximum atomic E-state index is 12.4. The summed E-state index contributed by atoms with van der Waals surface area (Å²) >= 11 is 0.753. The third kappa shape index (κ3) is 2.52. The lowest BCUT2D eigenvalue weighted by Gasteiger charge is -2.17. The summed E-state index contributed by atoms with van der Waals surface area (Å²) in [4.78, 5) is 14.9. The predicted octanol–water partition coefficient (Wildman–Crippen LogP) is 1.97. The highest BCUT2D eigenvalue weighted by molar-refractivity contribution is 7.94. The Balaban J connectivity index is 2.46. The van der Waals surface area contributed by atoms with Crippen LogP contribution in [0, 0.1) is 6.92 Å². The number of anilines is 1. The summed E-state index contributed by atoms with van der Waals surface area (Å²) in [5, 5.41) is 8.99. The Kier molecular flexibility index (Phi) is 3.78. The normalized spacial score (nSPS) is 11.3. The number of rotatable bonds is 4. The van der Waals surface area contributed by atoms with E-state index in [9.17, 15) is 13.2 Å². The van der Waals surface area contributed by atoms with E-state index in [0.29, 0.717) is 11.3 Å². The van der Waals surface area contributed by atoms with Gasteiger partial charge < -0.3 is 5.11 Å². The molecule has 0 atom stereocenters. The Hall–Kier alpha value is -1.93. The summed E-state index contributed by atoms with van der Waals surface area (Å²) in [6.45, 7) is 1.57. The molecule has 0 aromatic carbocycles. The zero-order chi connectivity index (χ0) is 14.9. The number of sulfonamides is 1. The Labute approximate surface area is 120 Å². The molecule has 0 aliphatic carbocycles. The molecule has 2 aromatic rings. The van der Waals surface area contributed by atoms with E-state index < -0.39 is 16.0 Å². The zero-order valence-corrected chi connectivity index (χ0v) is 12.4. The zero-order valence-electron chi connectivity index (χ0n) is 10.8. The van der Waals surface area contributed by atoms with Gasteiger partial charge in [0.1, 0.15) is 9.09 Å². The molecular formula is C12H12N2O4S2. The quantitative estimate of drug-likeness (QED) is 0.932. The number of aromatic nitrogens is 1. The highest BCUT2D eigenvalue weighted by Gasteiger charge is 2.26. The third-order valence-electron chi connectivity index (χ3n) is 2.73. The maximum absolute atomic E-state index is 12.4. The molecule has 106 valence electrons. The molecule has 2 aromatic heterocycles. The number of hydrogen-bond donors (Lipinski definition) is 1. The van der Waals surface area contributed by atoms with Crippen LogP contribution in [0.2, 0.25) is 0 Å². The highest BCUT2D eigenvalue weighted by atomic mass is 32.2. The van der Waals surface area contributed by atoms with Gasteiger partial charge in [0.05, 0.1) is 5.69 Å². The smallest absolute Gasteiger partial charge is 0.346 e. The molecule has 0 aliphatic heterocycles. The number of aryl methyl sites for hydroxylation is 1. The van der Waals surface area contributed by atoms with Crippen molar-refractivity contribution in [3.63, 3.8) is 0 Å². The van der Waals surface area contributed by atoms with Gasteiger partial charge in [-0.25, -0.2) is 13.2 Å². The van der Waals surface area contributed by atoms with Gasteiger partial charge in [-0.3, -0.25) is 9.29 Å². The van der Waals surface area contributed by atoms with E-state index in [1.807, 2.05) is 0 Å². The first-order chi connectivity index (χ1) is 9.34. The molecule has 0 saturated heterocycles. The summed E-state index contributed by atoms with van der Waals surface area (Å²) in [7, 11) is -2.35. The van der Waals surface area contributed by atoms with Crippen molar-refractivity contribution < 1.29 is 18.3 Å². The predicted molar refractivity (Wildman–Crippen MR) is 75.8 cm³/mol. The molecule has 6 nitrogen and oxygen atoms in total. The van der Waals surface area contributed by atoms with E-state index in [-0.39, 0.29) is 9.09 Å². The average molecular weight is 312 g/mol. The number of carbonyl (C=O) groups is 1. The van der Waals surface area contributed by atoms with E-state index in [1.165, 1.54) is 25.5 Å². The van der Waals surface area contributed by atoms with Gasteiger partial charge in [0, 0.05) is 19.4 Å². The van der Waals surface area contributed by atoms with Crippen molar-refractivity contribution in [2.24, 2.45) is 0 Å². The van der Waals surface area contributed by atoms with Crippen LogP contribution in [0.3, 0.4) is 0 Å². The number of pyridine rings is 1. The molecule has 0 aliphatic rings. The second kappa shape index (κ2) is 5.22. The molecule has 0 fully saturated rings. The van der Waals surface area contributed by atoms with Gasteiger partial charge in [-0.1, -0.05) is 0 Å². The molecule has 0 saturated carbocycles. The van der Waals surface area contributed by atoms with Crippen molar-refractivity contribution in [1.82, 2.24) is 4.98 Å². The number of thiophene rings is 1. The van der Waals surface area contributed by atoms with Crippen LogP contribution >= 0.6 is 11.3 Å². The Morgan fingerprint density at radius 3 is 2.45 bits per heavy atom. The molecule has 0 amide bonds. The molecule has 2 rings (SSSR count). The Morgan fingerprint density at radius 1 is 1.35 bits per heavy atom. The van der Waals surface area contributed by atoms with Gasteiger partial charge in [-0.15, -0.1) is 11.3 Å². The number of carboxylic acids is 1. The number of nitrogens with zero attached hydrogens (tertiary/aromatic N) is 2. The van der Waals surface area contributed by atoms with Crippen LogP contribution in [0.5, 0.6) is 0 Å². The first-order valence-corrected chi connectivity index (χ1v) is 7.82. The average Bonchev–Trinajstić information content (AvgIpc) is 2.82. The summed E-state index contributed by atoms with van der Waals surface area (Å²) < 4.78 is 26.0. The molecule has 1 N–H and O–H groups in total. The first kappa shape index (κ1) is 14.5. The second-order valence-electron chi connectivity index (χ2n) is 4.06. The molecule has 0 unspecified atom stereocenters. The van der Waals surface area contributed by atoms with Crippen molar-refractivity contribution in [3.05, 3.63) is 41.0 Å². The molecule has 0 bridgehead atoms. The van der Waals surface area contributed by atoms with Gasteiger partial charge in [0.15, 0.2) is 0 Å². The van der Waals surface area contributed by atoms with Crippen LogP contribution in [0.4, 0.5) is 5.69 Å². The SMILES string of the molecule is Cc1cc(S(=O)(=O)N(C)c2ccncc2)sc1C(=O)O. The number of hydrogen-bond acceptors (Lipinski definition) is 5. The summed E-state index contributed by atoms with van der Waals surface area (Å²) in [5.41, 5.74) is 0.895. The molecular weight excluding hydrogens is 300 g/mol. The minimum absolute atomic E-state index is 0.00622.